The Bertz CT molecular complexity index is 360. The molecule has 1 N–H and O–H groups in total. The van der Waals surface area contributed by atoms with Crippen molar-refractivity contribution in [2.24, 2.45) is 5.41 Å². The standard InChI is InChI=1S/C14H20FN/c1-14(2)8-4-7-13(14)16-10-11-5-3-6-12(15)9-11/h3,5-6,9,13,16H,4,7-8,10H2,1-2H3. The van der Waals surface area contributed by atoms with Gasteiger partial charge in [0.15, 0.2) is 0 Å². The minimum absolute atomic E-state index is 0.148. The summed E-state index contributed by atoms with van der Waals surface area (Å²) in [5.74, 6) is -0.148. The maximum atomic E-state index is 13.0. The summed E-state index contributed by atoms with van der Waals surface area (Å²) in [6.07, 6.45) is 3.82. The van der Waals surface area contributed by atoms with Crippen LogP contribution in [0.2, 0.25) is 0 Å². The molecule has 0 amide bonds. The van der Waals surface area contributed by atoms with Gasteiger partial charge in [-0.15, -0.1) is 0 Å². The number of nitrogens with one attached hydrogen (secondary N) is 1. The SMILES string of the molecule is CC1(C)CCCC1NCc1cccc(F)c1. The van der Waals surface area contributed by atoms with Crippen molar-refractivity contribution in [2.75, 3.05) is 0 Å². The lowest BCUT2D eigenvalue weighted by Crippen LogP contribution is -2.37. The molecule has 0 aromatic heterocycles. The summed E-state index contributed by atoms with van der Waals surface area (Å²) < 4.78 is 13.0. The normalized spacial score (nSPS) is 23.6. The zero-order chi connectivity index (χ0) is 11.6. The fourth-order valence-electron chi connectivity index (χ4n) is 2.59. The Kier molecular flexibility index (Phi) is 3.29. The van der Waals surface area contributed by atoms with Gasteiger partial charge in [-0.25, -0.2) is 4.39 Å². The van der Waals surface area contributed by atoms with Gasteiger partial charge in [-0.2, -0.15) is 0 Å². The molecular formula is C14H20FN. The minimum atomic E-state index is -0.148. The Morgan fingerprint density at radius 1 is 1.44 bits per heavy atom. The number of rotatable bonds is 3. The maximum Gasteiger partial charge on any atom is 0.123 e. The van der Waals surface area contributed by atoms with Gasteiger partial charge < -0.3 is 5.32 Å². The Hall–Kier alpha value is -0.890. The van der Waals surface area contributed by atoms with Crippen LogP contribution in [0.4, 0.5) is 4.39 Å². The Morgan fingerprint density at radius 2 is 2.25 bits per heavy atom. The molecule has 0 radical (unpaired) electrons. The lowest BCUT2D eigenvalue weighted by atomic mass is 9.87. The molecule has 1 atom stereocenters. The Labute approximate surface area is 97.1 Å². The van der Waals surface area contributed by atoms with E-state index in [9.17, 15) is 4.39 Å². The second kappa shape index (κ2) is 4.54. The van der Waals surface area contributed by atoms with Crippen LogP contribution < -0.4 is 5.32 Å². The Balaban J connectivity index is 1.92. The average molecular weight is 221 g/mol. The summed E-state index contributed by atoms with van der Waals surface area (Å²) in [5, 5.41) is 3.55. The fraction of sp³-hybridized carbons (Fsp3) is 0.571. The smallest absolute Gasteiger partial charge is 0.123 e. The van der Waals surface area contributed by atoms with E-state index in [4.69, 9.17) is 0 Å². The average Bonchev–Trinajstić information content (AvgIpc) is 2.55. The maximum absolute atomic E-state index is 13.0. The molecule has 1 aliphatic rings. The second-order valence-electron chi connectivity index (χ2n) is 5.44. The van der Waals surface area contributed by atoms with Gasteiger partial charge in [-0.05, 0) is 36.0 Å². The fourth-order valence-corrected chi connectivity index (χ4v) is 2.59. The highest BCUT2D eigenvalue weighted by Gasteiger charge is 2.33. The van der Waals surface area contributed by atoms with Gasteiger partial charge in [0, 0.05) is 12.6 Å². The van der Waals surface area contributed by atoms with Crippen LogP contribution >= 0.6 is 0 Å². The van der Waals surface area contributed by atoms with Crippen LogP contribution in [-0.2, 0) is 6.54 Å². The van der Waals surface area contributed by atoms with E-state index < -0.39 is 0 Å². The molecule has 16 heavy (non-hydrogen) atoms. The summed E-state index contributed by atoms with van der Waals surface area (Å²) >= 11 is 0. The predicted octanol–water partition coefficient (Wildman–Crippen LogP) is 3.49. The van der Waals surface area contributed by atoms with Crippen molar-refractivity contribution in [3.05, 3.63) is 35.6 Å². The molecule has 1 nitrogen and oxygen atoms in total. The monoisotopic (exact) mass is 221 g/mol. The number of halogens is 1. The van der Waals surface area contributed by atoms with Crippen molar-refractivity contribution >= 4 is 0 Å². The van der Waals surface area contributed by atoms with Gasteiger partial charge in [0.2, 0.25) is 0 Å². The molecule has 1 aliphatic carbocycles. The van der Waals surface area contributed by atoms with Crippen molar-refractivity contribution in [3.63, 3.8) is 0 Å². The van der Waals surface area contributed by atoms with Crippen molar-refractivity contribution in [1.29, 1.82) is 0 Å². The van der Waals surface area contributed by atoms with Gasteiger partial charge >= 0.3 is 0 Å². The number of hydrogen-bond donors (Lipinski definition) is 1. The minimum Gasteiger partial charge on any atom is -0.309 e. The molecule has 2 rings (SSSR count). The molecule has 1 saturated carbocycles. The summed E-state index contributed by atoms with van der Waals surface area (Å²) in [7, 11) is 0. The first kappa shape index (κ1) is 11.6. The first-order valence-corrected chi connectivity index (χ1v) is 6.06. The van der Waals surface area contributed by atoms with E-state index in [2.05, 4.69) is 19.2 Å². The third-order valence-electron chi connectivity index (χ3n) is 3.70. The molecular weight excluding hydrogens is 201 g/mol. The van der Waals surface area contributed by atoms with Gasteiger partial charge in [-0.1, -0.05) is 32.4 Å². The van der Waals surface area contributed by atoms with E-state index in [1.54, 1.807) is 12.1 Å². The lowest BCUT2D eigenvalue weighted by Gasteiger charge is -2.28. The third-order valence-corrected chi connectivity index (χ3v) is 3.70. The molecule has 1 aromatic rings. The van der Waals surface area contributed by atoms with Crippen LogP contribution in [0.25, 0.3) is 0 Å². The zero-order valence-electron chi connectivity index (χ0n) is 10.1. The van der Waals surface area contributed by atoms with Crippen molar-refractivity contribution in [1.82, 2.24) is 5.32 Å². The third kappa shape index (κ3) is 2.62. The highest BCUT2D eigenvalue weighted by molar-refractivity contribution is 5.16. The largest absolute Gasteiger partial charge is 0.309 e. The molecule has 2 heteroatoms. The van der Waals surface area contributed by atoms with Crippen LogP contribution in [0.1, 0.15) is 38.7 Å². The van der Waals surface area contributed by atoms with E-state index in [0.717, 1.165) is 12.1 Å². The molecule has 0 spiro atoms. The molecule has 0 heterocycles. The quantitative estimate of drug-likeness (QED) is 0.823. The van der Waals surface area contributed by atoms with Crippen LogP contribution in [0.15, 0.2) is 24.3 Å². The van der Waals surface area contributed by atoms with Gasteiger partial charge in [-0.3, -0.25) is 0 Å². The number of benzene rings is 1. The zero-order valence-corrected chi connectivity index (χ0v) is 10.1. The molecule has 0 aliphatic heterocycles. The topological polar surface area (TPSA) is 12.0 Å². The van der Waals surface area contributed by atoms with E-state index in [-0.39, 0.29) is 5.82 Å². The summed E-state index contributed by atoms with van der Waals surface area (Å²) in [4.78, 5) is 0. The van der Waals surface area contributed by atoms with Crippen LogP contribution in [0, 0.1) is 11.2 Å². The van der Waals surface area contributed by atoms with E-state index in [1.807, 2.05) is 6.07 Å². The van der Waals surface area contributed by atoms with E-state index in [0.29, 0.717) is 11.5 Å². The van der Waals surface area contributed by atoms with Crippen LogP contribution in [0.3, 0.4) is 0 Å². The van der Waals surface area contributed by atoms with E-state index >= 15 is 0 Å². The first-order valence-electron chi connectivity index (χ1n) is 6.06. The van der Waals surface area contributed by atoms with Crippen molar-refractivity contribution < 1.29 is 4.39 Å². The molecule has 88 valence electrons. The molecule has 1 fully saturated rings. The number of hydrogen-bond acceptors (Lipinski definition) is 1. The second-order valence-corrected chi connectivity index (χ2v) is 5.44. The first-order chi connectivity index (χ1) is 7.58. The molecule has 1 unspecified atom stereocenters. The van der Waals surface area contributed by atoms with Gasteiger partial charge in [0.05, 0.1) is 0 Å². The summed E-state index contributed by atoms with van der Waals surface area (Å²) in [6.45, 7) is 5.39. The van der Waals surface area contributed by atoms with Crippen LogP contribution in [0.5, 0.6) is 0 Å². The highest BCUT2D eigenvalue weighted by atomic mass is 19.1. The van der Waals surface area contributed by atoms with Gasteiger partial charge in [0.1, 0.15) is 5.82 Å². The predicted molar refractivity (Wildman–Crippen MR) is 64.7 cm³/mol. The molecule has 0 bridgehead atoms. The molecule has 0 saturated heterocycles. The van der Waals surface area contributed by atoms with Crippen molar-refractivity contribution in [3.8, 4) is 0 Å². The summed E-state index contributed by atoms with van der Waals surface area (Å²) in [5.41, 5.74) is 1.41. The molecule has 1 aromatic carbocycles. The van der Waals surface area contributed by atoms with Gasteiger partial charge in [0.25, 0.3) is 0 Å². The highest BCUT2D eigenvalue weighted by Crippen LogP contribution is 2.37. The Morgan fingerprint density at radius 3 is 2.88 bits per heavy atom. The van der Waals surface area contributed by atoms with Crippen LogP contribution in [-0.4, -0.2) is 6.04 Å². The lowest BCUT2D eigenvalue weighted by molar-refractivity contribution is 0.282. The summed E-state index contributed by atoms with van der Waals surface area (Å²) in [6, 6.07) is 7.40. The van der Waals surface area contributed by atoms with Crippen molar-refractivity contribution in [2.45, 2.75) is 45.7 Å². The van der Waals surface area contributed by atoms with E-state index in [1.165, 1.54) is 25.3 Å².